The van der Waals surface area contributed by atoms with E-state index in [4.69, 9.17) is 0 Å². The fourth-order valence-electron chi connectivity index (χ4n) is 3.99. The Balaban J connectivity index is 0.000000167. The number of rotatable bonds is 1. The molecule has 0 saturated heterocycles. The number of nitrogens with zero attached hydrogens (tertiary/aromatic N) is 1. The van der Waals surface area contributed by atoms with Crippen LogP contribution in [0.15, 0.2) is 53.9 Å². The number of hydrogen-bond acceptors (Lipinski definition) is 4. The Morgan fingerprint density at radius 1 is 1.10 bits per heavy atom. The summed E-state index contributed by atoms with van der Waals surface area (Å²) in [6, 6.07) is 15.8. The van der Waals surface area contributed by atoms with Crippen LogP contribution in [0.2, 0.25) is 0 Å². The number of aliphatic hydroxyl groups is 1. The molecular formula is C24H24IrNO2S-. The number of aliphatic hydroxyl groups excluding tert-OH is 1. The van der Waals surface area contributed by atoms with Gasteiger partial charge in [0.05, 0.1) is 5.76 Å². The number of aromatic nitrogens is 1. The van der Waals surface area contributed by atoms with Gasteiger partial charge in [-0.3, -0.25) is 4.79 Å². The Bertz CT molecular complexity index is 990. The smallest absolute Gasteiger partial charge is 0.162 e. The third-order valence-electron chi connectivity index (χ3n) is 5.43. The summed E-state index contributed by atoms with van der Waals surface area (Å²) in [5.41, 5.74) is 2.96. The van der Waals surface area contributed by atoms with Gasteiger partial charge in [0, 0.05) is 50.4 Å². The number of thiophene rings is 1. The van der Waals surface area contributed by atoms with Crippen molar-refractivity contribution in [3.05, 3.63) is 65.6 Å². The van der Waals surface area contributed by atoms with Crippen molar-refractivity contribution in [2.45, 2.75) is 45.4 Å². The van der Waals surface area contributed by atoms with E-state index in [1.165, 1.54) is 15.6 Å². The summed E-state index contributed by atoms with van der Waals surface area (Å²) in [6.07, 6.45) is 7.53. The zero-order valence-electron chi connectivity index (χ0n) is 16.4. The molecule has 1 saturated carbocycles. The molecule has 2 aliphatic rings. The predicted octanol–water partition coefficient (Wildman–Crippen LogP) is 6.42. The van der Waals surface area contributed by atoms with Crippen LogP contribution in [0.1, 0.15) is 44.1 Å². The van der Waals surface area contributed by atoms with Crippen LogP contribution < -0.4 is 0 Å². The van der Waals surface area contributed by atoms with Gasteiger partial charge in [-0.1, -0.05) is 24.3 Å². The summed E-state index contributed by atoms with van der Waals surface area (Å²) in [5, 5.41) is 10.7. The molecule has 1 unspecified atom stereocenters. The van der Waals surface area contributed by atoms with Crippen molar-refractivity contribution in [3.8, 4) is 10.6 Å². The Morgan fingerprint density at radius 3 is 2.55 bits per heavy atom. The average molecular weight is 583 g/mol. The molecule has 0 amide bonds. The molecule has 29 heavy (non-hydrogen) atoms. The van der Waals surface area contributed by atoms with Gasteiger partial charge in [-0.05, 0) is 53.7 Å². The summed E-state index contributed by atoms with van der Waals surface area (Å²) < 4.78 is 1.26. The van der Waals surface area contributed by atoms with Gasteiger partial charge in [-0.15, -0.1) is 23.6 Å². The van der Waals surface area contributed by atoms with Gasteiger partial charge in [-0.2, -0.15) is 0 Å². The molecule has 2 aromatic heterocycles. The van der Waals surface area contributed by atoms with Gasteiger partial charge in [-0.25, -0.2) is 11.3 Å². The van der Waals surface area contributed by atoms with E-state index < -0.39 is 0 Å². The molecule has 3 aromatic rings. The van der Waals surface area contributed by atoms with E-state index >= 15 is 0 Å². The van der Waals surface area contributed by atoms with E-state index in [1.54, 1.807) is 11.3 Å². The maximum absolute atomic E-state index is 11.4. The molecule has 153 valence electrons. The van der Waals surface area contributed by atoms with Crippen molar-refractivity contribution >= 4 is 27.2 Å². The number of aryl methyl sites for hydroxylation is 1. The van der Waals surface area contributed by atoms with Crippen molar-refractivity contribution in [2.24, 2.45) is 5.92 Å². The molecule has 2 heterocycles. The van der Waals surface area contributed by atoms with Crippen LogP contribution in [0.25, 0.3) is 20.7 Å². The van der Waals surface area contributed by atoms with Gasteiger partial charge >= 0.3 is 0 Å². The minimum atomic E-state index is 0. The van der Waals surface area contributed by atoms with Gasteiger partial charge in [0.25, 0.3) is 0 Å². The SMILES string of the molecule is Cc1ccc(-c2[c-]c3ccccc3s2)nc1.O=C1CCCC2CCCC(O)=C12.[Ir]. The zero-order valence-corrected chi connectivity index (χ0v) is 19.6. The van der Waals surface area contributed by atoms with Gasteiger partial charge in [0.15, 0.2) is 5.78 Å². The van der Waals surface area contributed by atoms with E-state index in [0.717, 1.165) is 48.2 Å². The van der Waals surface area contributed by atoms with Crippen molar-refractivity contribution in [3.63, 3.8) is 0 Å². The molecule has 5 rings (SSSR count). The number of hydrogen-bond donors (Lipinski definition) is 1. The summed E-state index contributed by atoms with van der Waals surface area (Å²) in [5.74, 6) is 0.972. The molecule has 5 heteroatoms. The number of allylic oxidation sites excluding steroid dienone is 2. The van der Waals surface area contributed by atoms with Crippen molar-refractivity contribution in [1.29, 1.82) is 0 Å². The van der Waals surface area contributed by atoms with Crippen molar-refractivity contribution in [2.75, 3.05) is 0 Å². The quantitative estimate of drug-likeness (QED) is 0.337. The summed E-state index contributed by atoms with van der Waals surface area (Å²) in [4.78, 5) is 17.0. The minimum Gasteiger partial charge on any atom is -0.512 e. The Kier molecular flexibility index (Phi) is 7.39. The Labute approximate surface area is 189 Å². The third kappa shape index (κ3) is 5.03. The molecule has 0 aliphatic heterocycles. The topological polar surface area (TPSA) is 50.2 Å². The molecule has 3 nitrogen and oxygen atoms in total. The molecule has 2 aliphatic carbocycles. The summed E-state index contributed by atoms with van der Waals surface area (Å²) in [6.45, 7) is 2.05. The first-order chi connectivity index (χ1) is 13.6. The van der Waals surface area contributed by atoms with Gasteiger partial charge in [0.1, 0.15) is 0 Å². The van der Waals surface area contributed by atoms with Crippen LogP contribution >= 0.6 is 11.3 Å². The number of carbonyl (C=O) groups excluding carboxylic acids is 1. The molecular weight excluding hydrogens is 559 g/mol. The van der Waals surface area contributed by atoms with E-state index in [-0.39, 0.29) is 25.9 Å². The summed E-state index contributed by atoms with van der Waals surface area (Å²) in [7, 11) is 0. The molecule has 0 spiro atoms. The zero-order chi connectivity index (χ0) is 19.5. The third-order valence-corrected chi connectivity index (χ3v) is 6.52. The molecule has 1 fully saturated rings. The predicted molar refractivity (Wildman–Crippen MR) is 114 cm³/mol. The second-order valence-electron chi connectivity index (χ2n) is 7.54. The average Bonchev–Trinajstić information content (AvgIpc) is 3.13. The van der Waals surface area contributed by atoms with Gasteiger partial charge < -0.3 is 10.1 Å². The second-order valence-corrected chi connectivity index (χ2v) is 8.59. The van der Waals surface area contributed by atoms with Crippen LogP contribution in [0.3, 0.4) is 0 Å². The Morgan fingerprint density at radius 2 is 1.86 bits per heavy atom. The molecule has 1 N–H and O–H groups in total. The van der Waals surface area contributed by atoms with Crippen LogP contribution in [-0.2, 0) is 24.9 Å². The van der Waals surface area contributed by atoms with Crippen LogP contribution in [-0.4, -0.2) is 15.9 Å². The van der Waals surface area contributed by atoms with Crippen LogP contribution in [0, 0.1) is 18.9 Å². The van der Waals surface area contributed by atoms with Gasteiger partial charge in [0.2, 0.25) is 0 Å². The molecule has 0 bridgehead atoms. The number of Topliss-reactive ketones (excluding diaryl/α,β-unsaturated/α-hetero) is 1. The van der Waals surface area contributed by atoms with Crippen molar-refractivity contribution < 1.29 is 30.0 Å². The Hall–Kier alpha value is -1.81. The molecule has 1 atom stereocenters. The van der Waals surface area contributed by atoms with Crippen LogP contribution in [0.5, 0.6) is 0 Å². The number of carbonyl (C=O) groups is 1. The number of ketones is 1. The van der Waals surface area contributed by atoms with E-state index in [2.05, 4.69) is 41.4 Å². The van der Waals surface area contributed by atoms with Crippen LogP contribution in [0.4, 0.5) is 0 Å². The largest absolute Gasteiger partial charge is 0.512 e. The maximum Gasteiger partial charge on any atom is 0.162 e. The maximum atomic E-state index is 11.4. The number of fused-ring (bicyclic) bond motifs is 2. The van der Waals surface area contributed by atoms with E-state index in [9.17, 15) is 9.90 Å². The first kappa shape index (κ1) is 21.9. The van der Waals surface area contributed by atoms with Crippen molar-refractivity contribution in [1.82, 2.24) is 4.98 Å². The monoisotopic (exact) mass is 583 g/mol. The number of benzene rings is 1. The second kappa shape index (κ2) is 9.79. The van der Waals surface area contributed by atoms with E-state index in [0.29, 0.717) is 18.1 Å². The molecule has 1 aromatic carbocycles. The summed E-state index contributed by atoms with van der Waals surface area (Å²) >= 11 is 1.74. The normalized spacial score (nSPS) is 18.5. The first-order valence-electron chi connectivity index (χ1n) is 9.91. The number of pyridine rings is 1. The standard InChI is InChI=1S/C14H10NS.C10H14O2.Ir/c1-10-6-7-12(15-9-10)14-8-11-4-2-3-5-13(11)16-14;11-8-5-1-3-7-4-2-6-9(12)10(7)8;/h2-7,9H,1H3;7,11H,1-6H2;/q-1;;. The first-order valence-corrected chi connectivity index (χ1v) is 10.7. The minimum absolute atomic E-state index is 0. The molecule has 1 radical (unpaired) electrons. The van der Waals surface area contributed by atoms with E-state index in [1.807, 2.05) is 19.2 Å². The fraction of sp³-hybridized carbons (Fsp3) is 0.333. The fourth-order valence-corrected chi connectivity index (χ4v) is 4.97.